The first kappa shape index (κ1) is 13.0. The van der Waals surface area contributed by atoms with Crippen molar-refractivity contribution in [2.75, 3.05) is 11.4 Å². The summed E-state index contributed by atoms with van der Waals surface area (Å²) in [5.41, 5.74) is 1.09. The van der Waals surface area contributed by atoms with Crippen LogP contribution in [0.3, 0.4) is 0 Å². The lowest BCUT2D eigenvalue weighted by atomic mass is 10.1. The zero-order valence-corrected chi connectivity index (χ0v) is 10.4. The fourth-order valence-corrected chi connectivity index (χ4v) is 1.82. The van der Waals surface area contributed by atoms with Crippen molar-refractivity contribution in [1.82, 2.24) is 0 Å². The fraction of sp³-hybridized carbons (Fsp3) is 0.0625. The molecule has 0 fully saturated rings. The zero-order chi connectivity index (χ0) is 13.7. The number of benzene rings is 2. The van der Waals surface area contributed by atoms with Gasteiger partial charge in [-0.05, 0) is 30.3 Å². The van der Waals surface area contributed by atoms with Gasteiger partial charge in [0.1, 0.15) is 5.82 Å². The second kappa shape index (κ2) is 5.96. The number of carbonyl (C=O) groups is 1. The summed E-state index contributed by atoms with van der Waals surface area (Å²) in [6, 6.07) is 14.9. The van der Waals surface area contributed by atoms with Gasteiger partial charge in [0.15, 0.2) is 0 Å². The molecular weight excluding hydrogens is 241 g/mol. The van der Waals surface area contributed by atoms with E-state index < -0.39 is 5.82 Å². The highest BCUT2D eigenvalue weighted by molar-refractivity contribution is 6.06. The van der Waals surface area contributed by atoms with Gasteiger partial charge in [-0.1, -0.05) is 30.3 Å². The Morgan fingerprint density at radius 1 is 1.16 bits per heavy atom. The van der Waals surface area contributed by atoms with Crippen molar-refractivity contribution >= 4 is 11.6 Å². The number of hydrogen-bond donors (Lipinski definition) is 0. The molecule has 0 aliphatic rings. The molecule has 0 aromatic heterocycles. The molecule has 0 saturated heterocycles. The maximum Gasteiger partial charge on any atom is 0.258 e. The molecule has 0 unspecified atom stereocenters. The summed E-state index contributed by atoms with van der Waals surface area (Å²) in [7, 11) is 0. The molecule has 2 aromatic carbocycles. The van der Waals surface area contributed by atoms with Crippen molar-refractivity contribution in [3.63, 3.8) is 0 Å². The lowest BCUT2D eigenvalue weighted by molar-refractivity contribution is 0.0989. The van der Waals surface area contributed by atoms with Crippen molar-refractivity contribution in [2.45, 2.75) is 0 Å². The maximum absolute atomic E-state index is 13.2. The molecule has 1 amide bonds. The van der Waals surface area contributed by atoms with E-state index in [4.69, 9.17) is 0 Å². The van der Waals surface area contributed by atoms with E-state index in [0.717, 1.165) is 5.69 Å². The SMILES string of the molecule is C=CCN(C(=O)c1cccc(F)c1)c1ccccc1. The molecule has 2 aromatic rings. The van der Waals surface area contributed by atoms with Crippen LogP contribution in [0.4, 0.5) is 10.1 Å². The third-order valence-electron chi connectivity index (χ3n) is 2.70. The van der Waals surface area contributed by atoms with Crippen molar-refractivity contribution < 1.29 is 9.18 Å². The monoisotopic (exact) mass is 255 g/mol. The Balaban J connectivity index is 2.34. The first-order valence-corrected chi connectivity index (χ1v) is 5.96. The Morgan fingerprint density at radius 2 is 1.89 bits per heavy atom. The number of amides is 1. The number of hydrogen-bond acceptors (Lipinski definition) is 1. The van der Waals surface area contributed by atoms with Crippen molar-refractivity contribution in [3.05, 3.63) is 78.6 Å². The van der Waals surface area contributed by atoms with Gasteiger partial charge in [0, 0.05) is 17.8 Å². The van der Waals surface area contributed by atoms with Gasteiger partial charge < -0.3 is 4.90 Å². The van der Waals surface area contributed by atoms with Gasteiger partial charge in [0.05, 0.1) is 0 Å². The van der Waals surface area contributed by atoms with Crippen LogP contribution in [0.5, 0.6) is 0 Å². The number of nitrogens with zero attached hydrogens (tertiary/aromatic N) is 1. The Hall–Kier alpha value is -2.42. The summed E-state index contributed by atoms with van der Waals surface area (Å²) in [5.74, 6) is -0.664. The molecule has 0 aliphatic carbocycles. The quantitative estimate of drug-likeness (QED) is 0.763. The van der Waals surface area contributed by atoms with Gasteiger partial charge in [0.25, 0.3) is 5.91 Å². The lowest BCUT2D eigenvalue weighted by Crippen LogP contribution is -2.31. The van der Waals surface area contributed by atoms with Gasteiger partial charge in [-0.3, -0.25) is 4.79 Å². The largest absolute Gasteiger partial charge is 0.305 e. The minimum absolute atomic E-state index is 0.245. The lowest BCUT2D eigenvalue weighted by Gasteiger charge is -2.21. The second-order valence-corrected chi connectivity index (χ2v) is 4.05. The number of halogens is 1. The molecule has 19 heavy (non-hydrogen) atoms. The van der Waals surface area contributed by atoms with Crippen LogP contribution in [0.2, 0.25) is 0 Å². The summed E-state index contributed by atoms with van der Waals surface area (Å²) >= 11 is 0. The molecule has 3 heteroatoms. The smallest absolute Gasteiger partial charge is 0.258 e. The van der Waals surface area contributed by atoms with Crippen LogP contribution >= 0.6 is 0 Å². The summed E-state index contributed by atoms with van der Waals surface area (Å²) < 4.78 is 13.2. The predicted molar refractivity (Wildman–Crippen MR) is 74.7 cm³/mol. The third-order valence-corrected chi connectivity index (χ3v) is 2.70. The van der Waals surface area contributed by atoms with Crippen LogP contribution in [0.1, 0.15) is 10.4 Å². The first-order chi connectivity index (χ1) is 9.22. The highest BCUT2D eigenvalue weighted by Crippen LogP contribution is 2.17. The topological polar surface area (TPSA) is 20.3 Å². The van der Waals surface area contributed by atoms with E-state index in [0.29, 0.717) is 12.1 Å². The van der Waals surface area contributed by atoms with Gasteiger partial charge in [-0.25, -0.2) is 4.39 Å². The predicted octanol–water partition coefficient (Wildman–Crippen LogP) is 3.66. The standard InChI is InChI=1S/C16H14FNO/c1-2-11-18(15-9-4-3-5-10-15)16(19)13-7-6-8-14(17)12-13/h2-10,12H,1,11H2. The molecule has 0 N–H and O–H groups in total. The average Bonchev–Trinajstić information content (AvgIpc) is 2.45. The Labute approximate surface area is 111 Å². The van der Waals surface area contributed by atoms with Crippen LogP contribution in [0.15, 0.2) is 67.3 Å². The van der Waals surface area contributed by atoms with E-state index in [-0.39, 0.29) is 5.91 Å². The molecular formula is C16H14FNO. The van der Waals surface area contributed by atoms with Crippen LogP contribution in [0.25, 0.3) is 0 Å². The molecule has 2 nitrogen and oxygen atoms in total. The highest BCUT2D eigenvalue weighted by Gasteiger charge is 2.16. The number of para-hydroxylation sites is 1. The second-order valence-electron chi connectivity index (χ2n) is 4.05. The van der Waals surface area contributed by atoms with Gasteiger partial charge in [-0.2, -0.15) is 0 Å². The summed E-state index contributed by atoms with van der Waals surface area (Å²) in [4.78, 5) is 14.0. The normalized spacial score (nSPS) is 9.95. The molecule has 96 valence electrons. The minimum Gasteiger partial charge on any atom is -0.305 e. The van der Waals surface area contributed by atoms with Crippen molar-refractivity contribution in [1.29, 1.82) is 0 Å². The van der Waals surface area contributed by atoms with E-state index in [1.807, 2.05) is 30.3 Å². The molecule has 2 rings (SSSR count). The van der Waals surface area contributed by atoms with Crippen LogP contribution in [-0.4, -0.2) is 12.5 Å². The summed E-state index contributed by atoms with van der Waals surface area (Å²) in [6.45, 7) is 4.03. The third kappa shape index (κ3) is 3.07. The van der Waals surface area contributed by atoms with Gasteiger partial charge >= 0.3 is 0 Å². The minimum atomic E-state index is -0.419. The molecule has 0 spiro atoms. The van der Waals surface area contributed by atoms with E-state index in [2.05, 4.69) is 6.58 Å². The van der Waals surface area contributed by atoms with Crippen LogP contribution in [-0.2, 0) is 0 Å². The molecule has 0 bridgehead atoms. The van der Waals surface area contributed by atoms with E-state index in [1.165, 1.54) is 18.2 Å². The van der Waals surface area contributed by atoms with E-state index >= 15 is 0 Å². The van der Waals surface area contributed by atoms with Crippen molar-refractivity contribution in [2.24, 2.45) is 0 Å². The highest BCUT2D eigenvalue weighted by atomic mass is 19.1. The average molecular weight is 255 g/mol. The number of rotatable bonds is 4. The zero-order valence-electron chi connectivity index (χ0n) is 10.4. The van der Waals surface area contributed by atoms with Gasteiger partial charge in [0.2, 0.25) is 0 Å². The van der Waals surface area contributed by atoms with Crippen LogP contribution < -0.4 is 4.90 Å². The summed E-state index contributed by atoms with van der Waals surface area (Å²) in [6.07, 6.45) is 1.64. The van der Waals surface area contributed by atoms with Gasteiger partial charge in [-0.15, -0.1) is 6.58 Å². The molecule has 0 heterocycles. The number of anilines is 1. The maximum atomic E-state index is 13.2. The Bertz CT molecular complexity index is 580. The van der Waals surface area contributed by atoms with E-state index in [9.17, 15) is 9.18 Å². The van der Waals surface area contributed by atoms with Crippen molar-refractivity contribution in [3.8, 4) is 0 Å². The number of carbonyl (C=O) groups excluding carboxylic acids is 1. The summed E-state index contributed by atoms with van der Waals surface area (Å²) in [5, 5.41) is 0. The van der Waals surface area contributed by atoms with Crippen LogP contribution in [0, 0.1) is 5.82 Å². The Morgan fingerprint density at radius 3 is 2.53 bits per heavy atom. The Kier molecular flexibility index (Phi) is 4.08. The fourth-order valence-electron chi connectivity index (χ4n) is 1.82. The van der Waals surface area contributed by atoms with E-state index in [1.54, 1.807) is 17.0 Å². The molecule has 0 radical (unpaired) electrons. The molecule has 0 saturated carbocycles. The molecule has 0 atom stereocenters. The first-order valence-electron chi connectivity index (χ1n) is 5.96. The molecule has 0 aliphatic heterocycles.